The molecule has 2 rings (SSSR count). The van der Waals surface area contributed by atoms with Gasteiger partial charge in [0.1, 0.15) is 11.4 Å². The number of nitrogens with one attached hydrogen (secondary N) is 1. The van der Waals surface area contributed by atoms with Crippen molar-refractivity contribution in [3.8, 4) is 5.75 Å². The van der Waals surface area contributed by atoms with E-state index in [1.807, 2.05) is 13.0 Å². The number of phenolic OH excluding ortho intramolecular Hbond substituents is 1. The lowest BCUT2D eigenvalue weighted by molar-refractivity contribution is -0.384. The van der Waals surface area contributed by atoms with Crippen molar-refractivity contribution in [1.82, 2.24) is 0 Å². The van der Waals surface area contributed by atoms with Crippen LogP contribution in [-0.4, -0.2) is 10.0 Å². The number of anilines is 1. The van der Waals surface area contributed by atoms with Crippen molar-refractivity contribution in [2.45, 2.75) is 13.0 Å². The molecule has 0 heterocycles. The van der Waals surface area contributed by atoms with E-state index in [1.165, 1.54) is 6.07 Å². The second kappa shape index (κ2) is 5.79. The van der Waals surface area contributed by atoms with Crippen LogP contribution in [0, 0.1) is 10.1 Å². The van der Waals surface area contributed by atoms with E-state index in [9.17, 15) is 15.2 Å². The molecule has 0 spiro atoms. The van der Waals surface area contributed by atoms with Crippen LogP contribution in [0.15, 0.2) is 42.5 Å². The van der Waals surface area contributed by atoms with E-state index in [0.717, 1.165) is 5.56 Å². The Hall–Kier alpha value is -2.27. The summed E-state index contributed by atoms with van der Waals surface area (Å²) in [6.45, 7) is 1.85. The van der Waals surface area contributed by atoms with Gasteiger partial charge in [0.15, 0.2) is 0 Å². The lowest BCUT2D eigenvalue weighted by Gasteiger charge is -2.16. The van der Waals surface area contributed by atoms with Gasteiger partial charge in [-0.2, -0.15) is 0 Å². The molecular formula is C14H13ClN2O3. The quantitative estimate of drug-likeness (QED) is 0.656. The number of nitro benzene ring substituents is 1. The predicted molar refractivity (Wildman–Crippen MR) is 78.3 cm³/mol. The maximum absolute atomic E-state index is 11.0. The highest BCUT2D eigenvalue weighted by Crippen LogP contribution is 2.31. The first-order valence-corrected chi connectivity index (χ1v) is 6.34. The molecule has 2 aromatic carbocycles. The number of hydrogen-bond acceptors (Lipinski definition) is 4. The monoisotopic (exact) mass is 292 g/mol. The largest absolute Gasteiger partial charge is 0.508 e. The van der Waals surface area contributed by atoms with Crippen molar-refractivity contribution in [1.29, 1.82) is 0 Å². The molecule has 0 aromatic heterocycles. The molecule has 104 valence electrons. The molecule has 20 heavy (non-hydrogen) atoms. The SMILES string of the molecule is CC(Nc1ccc(Cl)cc1[N+](=O)[O-])c1cccc(O)c1. The third-order valence-electron chi connectivity index (χ3n) is 2.90. The molecule has 1 atom stereocenters. The summed E-state index contributed by atoms with van der Waals surface area (Å²) in [7, 11) is 0. The predicted octanol–water partition coefficient (Wildman–Crippen LogP) is 4.13. The molecule has 0 radical (unpaired) electrons. The van der Waals surface area contributed by atoms with Gasteiger partial charge in [0.2, 0.25) is 0 Å². The van der Waals surface area contributed by atoms with E-state index in [1.54, 1.807) is 30.3 Å². The number of rotatable bonds is 4. The fourth-order valence-corrected chi connectivity index (χ4v) is 2.05. The Labute approximate surface area is 121 Å². The summed E-state index contributed by atoms with van der Waals surface area (Å²) >= 11 is 5.77. The molecule has 0 aliphatic carbocycles. The second-order valence-electron chi connectivity index (χ2n) is 4.38. The van der Waals surface area contributed by atoms with Gasteiger partial charge in [-0.1, -0.05) is 23.7 Å². The number of nitrogens with zero attached hydrogens (tertiary/aromatic N) is 1. The Morgan fingerprint density at radius 1 is 1.30 bits per heavy atom. The van der Waals surface area contributed by atoms with E-state index in [-0.39, 0.29) is 17.5 Å². The van der Waals surface area contributed by atoms with Gasteiger partial charge in [0.25, 0.3) is 5.69 Å². The van der Waals surface area contributed by atoms with E-state index in [0.29, 0.717) is 10.7 Å². The summed E-state index contributed by atoms with van der Waals surface area (Å²) in [5.41, 5.74) is 1.13. The zero-order valence-electron chi connectivity index (χ0n) is 10.7. The molecule has 2 aromatic rings. The van der Waals surface area contributed by atoms with E-state index in [4.69, 9.17) is 11.6 Å². The fourth-order valence-electron chi connectivity index (χ4n) is 1.89. The Balaban J connectivity index is 2.28. The van der Waals surface area contributed by atoms with Crippen LogP contribution in [0.1, 0.15) is 18.5 Å². The summed E-state index contributed by atoms with van der Waals surface area (Å²) in [6.07, 6.45) is 0. The van der Waals surface area contributed by atoms with Crippen LogP contribution in [0.3, 0.4) is 0 Å². The summed E-state index contributed by atoms with van der Waals surface area (Å²) in [6, 6.07) is 11.0. The van der Waals surface area contributed by atoms with Crippen molar-refractivity contribution in [3.05, 3.63) is 63.2 Å². The minimum absolute atomic E-state index is 0.0792. The van der Waals surface area contributed by atoms with Crippen molar-refractivity contribution in [2.24, 2.45) is 0 Å². The molecule has 0 bridgehead atoms. The molecule has 0 aliphatic heterocycles. The lowest BCUT2D eigenvalue weighted by atomic mass is 10.1. The van der Waals surface area contributed by atoms with Gasteiger partial charge in [-0.15, -0.1) is 0 Å². The number of halogens is 1. The Morgan fingerprint density at radius 2 is 2.05 bits per heavy atom. The van der Waals surface area contributed by atoms with Crippen LogP contribution in [0.25, 0.3) is 0 Å². The third-order valence-corrected chi connectivity index (χ3v) is 3.13. The number of phenols is 1. The molecule has 6 heteroatoms. The summed E-state index contributed by atoms with van der Waals surface area (Å²) in [4.78, 5) is 10.5. The molecule has 1 unspecified atom stereocenters. The molecule has 0 saturated carbocycles. The molecule has 0 aliphatic rings. The molecule has 0 amide bonds. The average Bonchev–Trinajstić information content (AvgIpc) is 2.40. The highest BCUT2D eigenvalue weighted by Gasteiger charge is 2.16. The second-order valence-corrected chi connectivity index (χ2v) is 4.82. The van der Waals surface area contributed by atoms with E-state index in [2.05, 4.69) is 5.32 Å². The van der Waals surface area contributed by atoms with Crippen molar-refractivity contribution in [2.75, 3.05) is 5.32 Å². The summed E-state index contributed by atoms with van der Waals surface area (Å²) in [5.74, 6) is 0.154. The fraction of sp³-hybridized carbons (Fsp3) is 0.143. The molecule has 0 fully saturated rings. The van der Waals surface area contributed by atoms with E-state index < -0.39 is 4.92 Å². The van der Waals surface area contributed by atoms with Crippen LogP contribution in [0.4, 0.5) is 11.4 Å². The first kappa shape index (κ1) is 14.1. The number of benzene rings is 2. The highest BCUT2D eigenvalue weighted by atomic mass is 35.5. The first-order chi connectivity index (χ1) is 9.47. The van der Waals surface area contributed by atoms with Gasteiger partial charge in [-0.3, -0.25) is 10.1 Å². The van der Waals surface area contributed by atoms with Gasteiger partial charge in [-0.25, -0.2) is 0 Å². The third kappa shape index (κ3) is 3.19. The number of aromatic hydroxyl groups is 1. The average molecular weight is 293 g/mol. The first-order valence-electron chi connectivity index (χ1n) is 5.97. The molecule has 2 N–H and O–H groups in total. The van der Waals surface area contributed by atoms with Crippen LogP contribution in [0.5, 0.6) is 5.75 Å². The van der Waals surface area contributed by atoms with Crippen LogP contribution >= 0.6 is 11.6 Å². The van der Waals surface area contributed by atoms with Crippen LogP contribution in [-0.2, 0) is 0 Å². The van der Waals surface area contributed by atoms with Crippen LogP contribution in [0.2, 0.25) is 5.02 Å². The van der Waals surface area contributed by atoms with Gasteiger partial charge < -0.3 is 10.4 Å². The highest BCUT2D eigenvalue weighted by molar-refractivity contribution is 6.30. The summed E-state index contributed by atoms with van der Waals surface area (Å²) in [5, 5.41) is 23.8. The maximum atomic E-state index is 11.0. The van der Waals surface area contributed by atoms with Crippen LogP contribution < -0.4 is 5.32 Å². The molecular weight excluding hydrogens is 280 g/mol. The number of hydrogen-bond donors (Lipinski definition) is 2. The van der Waals surface area contributed by atoms with Gasteiger partial charge in [-0.05, 0) is 36.8 Å². The topological polar surface area (TPSA) is 75.4 Å². The zero-order valence-corrected chi connectivity index (χ0v) is 11.5. The van der Waals surface area contributed by atoms with Crippen molar-refractivity contribution < 1.29 is 10.0 Å². The van der Waals surface area contributed by atoms with Crippen molar-refractivity contribution in [3.63, 3.8) is 0 Å². The maximum Gasteiger partial charge on any atom is 0.293 e. The standard InChI is InChI=1S/C14H13ClN2O3/c1-9(10-3-2-4-12(18)7-10)16-13-6-5-11(15)8-14(13)17(19)20/h2-9,16,18H,1H3. The minimum Gasteiger partial charge on any atom is -0.508 e. The van der Waals surface area contributed by atoms with E-state index >= 15 is 0 Å². The number of nitro groups is 1. The zero-order chi connectivity index (χ0) is 14.7. The lowest BCUT2D eigenvalue weighted by Crippen LogP contribution is -2.08. The molecule has 5 nitrogen and oxygen atoms in total. The minimum atomic E-state index is -0.483. The summed E-state index contributed by atoms with van der Waals surface area (Å²) < 4.78 is 0. The van der Waals surface area contributed by atoms with Gasteiger partial charge >= 0.3 is 0 Å². The van der Waals surface area contributed by atoms with Gasteiger partial charge in [0, 0.05) is 17.1 Å². The molecule has 0 saturated heterocycles. The van der Waals surface area contributed by atoms with Gasteiger partial charge in [0.05, 0.1) is 4.92 Å². The smallest absolute Gasteiger partial charge is 0.293 e. The Bertz CT molecular complexity index is 646. The Kier molecular flexibility index (Phi) is 4.10. The van der Waals surface area contributed by atoms with Crippen molar-refractivity contribution >= 4 is 23.0 Å². The Morgan fingerprint density at radius 3 is 2.70 bits per heavy atom. The normalized spacial score (nSPS) is 11.9.